The third kappa shape index (κ3) is 1.82. The fraction of sp³-hybridized carbons (Fsp3) is 0.238. The average molecular weight is 274 g/mol. The van der Waals surface area contributed by atoms with Gasteiger partial charge < -0.3 is 0 Å². The van der Waals surface area contributed by atoms with Crippen LogP contribution in [-0.2, 0) is 5.41 Å². The number of rotatable bonds is 2. The van der Waals surface area contributed by atoms with E-state index in [1.807, 2.05) is 6.08 Å². The summed E-state index contributed by atoms with van der Waals surface area (Å²) < 4.78 is 0. The van der Waals surface area contributed by atoms with Crippen molar-refractivity contribution in [1.29, 1.82) is 0 Å². The van der Waals surface area contributed by atoms with Gasteiger partial charge in [-0.05, 0) is 52.8 Å². The van der Waals surface area contributed by atoms with Gasteiger partial charge in [0.15, 0.2) is 0 Å². The lowest BCUT2D eigenvalue weighted by molar-refractivity contribution is 0.659. The molecule has 0 nitrogen and oxygen atoms in total. The molecule has 0 radical (unpaired) electrons. The first kappa shape index (κ1) is 13.9. The second-order valence-electron chi connectivity index (χ2n) is 6.32. The number of benzene rings is 2. The van der Waals surface area contributed by atoms with E-state index in [0.29, 0.717) is 0 Å². The largest absolute Gasteiger partial charge is 0.0984 e. The van der Waals surface area contributed by atoms with Gasteiger partial charge in [-0.2, -0.15) is 0 Å². The lowest BCUT2D eigenvalue weighted by Gasteiger charge is -2.23. The van der Waals surface area contributed by atoms with Crippen LogP contribution in [0.15, 0.2) is 43.0 Å². The smallest absolute Gasteiger partial charge is 0.0159 e. The second-order valence-corrected chi connectivity index (χ2v) is 6.32. The predicted octanol–water partition coefficient (Wildman–Crippen LogP) is 5.98. The Morgan fingerprint density at radius 3 is 2.43 bits per heavy atom. The molecule has 0 saturated carbocycles. The zero-order valence-corrected chi connectivity index (χ0v) is 13.3. The molecule has 0 spiro atoms. The van der Waals surface area contributed by atoms with Crippen molar-refractivity contribution in [2.24, 2.45) is 0 Å². The number of allylic oxidation sites excluding steroid dienone is 1. The number of hydrogen-bond donors (Lipinski definition) is 0. The molecule has 0 heterocycles. The van der Waals surface area contributed by atoms with E-state index >= 15 is 0 Å². The third-order valence-electron chi connectivity index (χ3n) is 4.70. The van der Waals surface area contributed by atoms with E-state index in [1.54, 1.807) is 0 Å². The van der Waals surface area contributed by atoms with Gasteiger partial charge in [0.1, 0.15) is 0 Å². The monoisotopic (exact) mass is 274 g/mol. The number of aryl methyl sites for hydroxylation is 1. The highest BCUT2D eigenvalue weighted by molar-refractivity contribution is 5.90. The van der Waals surface area contributed by atoms with Gasteiger partial charge in [-0.1, -0.05) is 69.0 Å². The van der Waals surface area contributed by atoms with Crippen molar-refractivity contribution < 1.29 is 0 Å². The van der Waals surface area contributed by atoms with Crippen molar-refractivity contribution in [1.82, 2.24) is 0 Å². The summed E-state index contributed by atoms with van der Waals surface area (Å²) in [5.74, 6) is 0. The minimum atomic E-state index is 0.0584. The normalized spacial score (nSPS) is 15.0. The predicted molar refractivity (Wildman–Crippen MR) is 93.5 cm³/mol. The maximum absolute atomic E-state index is 4.08. The minimum Gasteiger partial charge on any atom is -0.0984 e. The van der Waals surface area contributed by atoms with Gasteiger partial charge in [0, 0.05) is 5.41 Å². The van der Waals surface area contributed by atoms with E-state index in [9.17, 15) is 0 Å². The Hall–Kier alpha value is -2.08. The first-order valence-corrected chi connectivity index (χ1v) is 7.55. The van der Waals surface area contributed by atoms with E-state index in [2.05, 4.69) is 76.8 Å². The van der Waals surface area contributed by atoms with E-state index in [-0.39, 0.29) is 5.41 Å². The summed E-state index contributed by atoms with van der Waals surface area (Å²) in [6.45, 7) is 13.0. The maximum Gasteiger partial charge on any atom is 0.0159 e. The van der Waals surface area contributed by atoms with Gasteiger partial charge >= 0.3 is 0 Å². The highest BCUT2D eigenvalue weighted by atomic mass is 14.4. The van der Waals surface area contributed by atoms with Crippen molar-refractivity contribution in [3.8, 4) is 11.1 Å². The molecule has 1 aliphatic rings. The summed E-state index contributed by atoms with van der Waals surface area (Å²) in [4.78, 5) is 0. The van der Waals surface area contributed by atoms with Crippen LogP contribution in [0.25, 0.3) is 23.3 Å². The molecule has 3 rings (SSSR count). The van der Waals surface area contributed by atoms with E-state index in [4.69, 9.17) is 0 Å². The standard InChI is InChI=1S/C21H22/c1-6-10-16-14(3)13-19-20(15(16)7-2)17-11-8-9-12-18(17)21(19,4)5/h6-13H,2H2,1,3-5H3/b10-6-. The Labute approximate surface area is 127 Å². The lowest BCUT2D eigenvalue weighted by atomic mass is 9.80. The Kier molecular flexibility index (Phi) is 3.13. The van der Waals surface area contributed by atoms with Crippen LogP contribution in [0.4, 0.5) is 0 Å². The van der Waals surface area contributed by atoms with Crippen molar-refractivity contribution >= 4 is 12.2 Å². The van der Waals surface area contributed by atoms with Gasteiger partial charge in [0.25, 0.3) is 0 Å². The molecule has 2 aromatic rings. The molecule has 0 N–H and O–H groups in total. The fourth-order valence-electron chi connectivity index (χ4n) is 3.63. The van der Waals surface area contributed by atoms with Gasteiger partial charge in [-0.25, -0.2) is 0 Å². The first-order valence-electron chi connectivity index (χ1n) is 7.55. The molecule has 0 aromatic heterocycles. The highest BCUT2D eigenvalue weighted by Crippen LogP contribution is 2.51. The maximum atomic E-state index is 4.08. The Morgan fingerprint density at radius 2 is 1.76 bits per heavy atom. The van der Waals surface area contributed by atoms with Crippen molar-refractivity contribution in [3.63, 3.8) is 0 Å². The van der Waals surface area contributed by atoms with Crippen molar-refractivity contribution in [2.75, 3.05) is 0 Å². The van der Waals surface area contributed by atoms with Gasteiger partial charge in [0.05, 0.1) is 0 Å². The molecule has 0 unspecified atom stereocenters. The number of hydrogen-bond acceptors (Lipinski definition) is 0. The molecule has 0 saturated heterocycles. The lowest BCUT2D eigenvalue weighted by Crippen LogP contribution is -2.15. The Balaban J connectivity index is 2.47. The van der Waals surface area contributed by atoms with Gasteiger partial charge in [0.2, 0.25) is 0 Å². The molecule has 21 heavy (non-hydrogen) atoms. The second kappa shape index (κ2) is 4.73. The van der Waals surface area contributed by atoms with Gasteiger partial charge in [-0.3, -0.25) is 0 Å². The first-order chi connectivity index (χ1) is 10.0. The van der Waals surface area contributed by atoms with Crippen LogP contribution < -0.4 is 0 Å². The summed E-state index contributed by atoms with van der Waals surface area (Å²) in [5, 5.41) is 0. The molecule has 0 fully saturated rings. The van der Waals surface area contributed by atoms with Crippen LogP contribution in [0.2, 0.25) is 0 Å². The van der Waals surface area contributed by atoms with Crippen LogP contribution in [-0.4, -0.2) is 0 Å². The molecular formula is C21H22. The Morgan fingerprint density at radius 1 is 1.05 bits per heavy atom. The molecule has 0 atom stereocenters. The summed E-state index contributed by atoms with van der Waals surface area (Å²) in [5.41, 5.74) is 9.50. The molecule has 0 amide bonds. The molecular weight excluding hydrogens is 252 g/mol. The zero-order chi connectivity index (χ0) is 15.2. The van der Waals surface area contributed by atoms with Crippen molar-refractivity contribution in [2.45, 2.75) is 33.1 Å². The Bertz CT molecular complexity index is 758. The minimum absolute atomic E-state index is 0.0584. The summed E-state index contributed by atoms with van der Waals surface area (Å²) in [6, 6.07) is 11.1. The van der Waals surface area contributed by atoms with Crippen molar-refractivity contribution in [3.05, 3.63) is 70.8 Å². The highest BCUT2D eigenvalue weighted by Gasteiger charge is 2.36. The molecule has 0 aliphatic heterocycles. The summed E-state index contributed by atoms with van der Waals surface area (Å²) >= 11 is 0. The molecule has 1 aliphatic carbocycles. The van der Waals surface area contributed by atoms with Crippen LogP contribution in [0.5, 0.6) is 0 Å². The van der Waals surface area contributed by atoms with Crippen LogP contribution in [0, 0.1) is 6.92 Å². The third-order valence-corrected chi connectivity index (χ3v) is 4.70. The van der Waals surface area contributed by atoms with E-state index < -0.39 is 0 Å². The van der Waals surface area contributed by atoms with Crippen LogP contribution in [0.1, 0.15) is 48.6 Å². The summed E-state index contributed by atoms with van der Waals surface area (Å²) in [7, 11) is 0. The van der Waals surface area contributed by atoms with Gasteiger partial charge in [-0.15, -0.1) is 0 Å². The van der Waals surface area contributed by atoms with E-state index in [1.165, 1.54) is 38.9 Å². The zero-order valence-electron chi connectivity index (χ0n) is 13.3. The van der Waals surface area contributed by atoms with Crippen LogP contribution >= 0.6 is 0 Å². The fourth-order valence-corrected chi connectivity index (χ4v) is 3.63. The summed E-state index contributed by atoms with van der Waals surface area (Å²) in [6.07, 6.45) is 6.31. The number of fused-ring (bicyclic) bond motifs is 3. The molecule has 0 heteroatoms. The quantitative estimate of drug-likeness (QED) is 0.632. The molecule has 0 bridgehead atoms. The van der Waals surface area contributed by atoms with E-state index in [0.717, 1.165) is 0 Å². The topological polar surface area (TPSA) is 0 Å². The van der Waals surface area contributed by atoms with Crippen LogP contribution in [0.3, 0.4) is 0 Å². The average Bonchev–Trinajstić information content (AvgIpc) is 2.69. The molecule has 106 valence electrons. The molecule has 2 aromatic carbocycles. The SMILES string of the molecule is C=Cc1c(/C=C\C)c(C)cc2c1-c1ccccc1C2(C)C.